The smallest absolute Gasteiger partial charge is 0.0178 e. The van der Waals surface area contributed by atoms with Crippen LogP contribution in [0.2, 0.25) is 0 Å². The fourth-order valence-corrected chi connectivity index (χ4v) is 2.04. The Hall–Kier alpha value is -2.08. The summed E-state index contributed by atoms with van der Waals surface area (Å²) >= 11 is 0. The quantitative estimate of drug-likeness (QED) is 0.636. The lowest BCUT2D eigenvalue weighted by Crippen LogP contribution is -1.83. The Morgan fingerprint density at radius 3 is 2.33 bits per heavy atom. The lowest BCUT2D eigenvalue weighted by atomic mass is 9.98. The molecule has 2 aromatic carbocycles. The highest BCUT2D eigenvalue weighted by atomic mass is 14.0. The van der Waals surface area contributed by atoms with Crippen molar-refractivity contribution < 1.29 is 0 Å². The van der Waals surface area contributed by atoms with Crippen molar-refractivity contribution in [2.75, 3.05) is 0 Å². The second-order valence-electron chi connectivity index (χ2n) is 4.54. The van der Waals surface area contributed by atoms with Crippen LogP contribution in [0, 0.1) is 6.92 Å². The van der Waals surface area contributed by atoms with Crippen LogP contribution in [0.1, 0.15) is 18.1 Å². The lowest BCUT2D eigenvalue weighted by molar-refractivity contribution is 1.46. The van der Waals surface area contributed by atoms with E-state index in [9.17, 15) is 0 Å². The summed E-state index contributed by atoms with van der Waals surface area (Å²) in [5, 5.41) is 0. The van der Waals surface area contributed by atoms with E-state index in [1.165, 1.54) is 27.8 Å². The summed E-state index contributed by atoms with van der Waals surface area (Å²) < 4.78 is 0. The monoisotopic (exact) mass is 234 g/mol. The van der Waals surface area contributed by atoms with Gasteiger partial charge in [0, 0.05) is 0 Å². The molecule has 2 aromatic rings. The molecular formula is C18H18. The molecule has 0 heteroatoms. The predicted octanol–water partition coefficient (Wildman–Crippen LogP) is 5.25. The molecule has 0 aliphatic rings. The Kier molecular flexibility index (Phi) is 3.78. The van der Waals surface area contributed by atoms with Crippen LogP contribution in [-0.2, 0) is 0 Å². The van der Waals surface area contributed by atoms with Gasteiger partial charge < -0.3 is 0 Å². The largest absolute Gasteiger partial charge is 0.0991 e. The zero-order valence-corrected chi connectivity index (χ0v) is 11.0. The molecule has 0 bridgehead atoms. The van der Waals surface area contributed by atoms with Gasteiger partial charge >= 0.3 is 0 Å². The van der Waals surface area contributed by atoms with Crippen LogP contribution in [0.4, 0.5) is 0 Å². The Morgan fingerprint density at radius 1 is 1.00 bits per heavy atom. The van der Waals surface area contributed by atoms with E-state index in [0.717, 1.165) is 0 Å². The molecule has 0 heterocycles. The van der Waals surface area contributed by atoms with Crippen LogP contribution in [-0.4, -0.2) is 0 Å². The molecule has 18 heavy (non-hydrogen) atoms. The van der Waals surface area contributed by atoms with E-state index >= 15 is 0 Å². The second-order valence-corrected chi connectivity index (χ2v) is 4.54. The van der Waals surface area contributed by atoms with Gasteiger partial charge in [0.05, 0.1) is 0 Å². The molecule has 90 valence electrons. The molecule has 0 aliphatic heterocycles. The summed E-state index contributed by atoms with van der Waals surface area (Å²) in [6, 6.07) is 17.2. The zero-order valence-electron chi connectivity index (χ0n) is 11.0. The van der Waals surface area contributed by atoms with E-state index in [0.29, 0.717) is 0 Å². The van der Waals surface area contributed by atoms with Gasteiger partial charge in [0.2, 0.25) is 0 Å². The molecule has 0 fully saturated rings. The van der Waals surface area contributed by atoms with Crippen molar-refractivity contribution in [1.82, 2.24) is 0 Å². The van der Waals surface area contributed by atoms with E-state index in [-0.39, 0.29) is 0 Å². The maximum atomic E-state index is 3.74. The molecule has 0 atom stereocenters. The first-order chi connectivity index (χ1) is 8.70. The van der Waals surface area contributed by atoms with E-state index in [2.05, 4.69) is 69.0 Å². The number of allylic oxidation sites excluding steroid dienone is 3. The van der Waals surface area contributed by atoms with Gasteiger partial charge in [-0.15, -0.1) is 0 Å². The summed E-state index contributed by atoms with van der Waals surface area (Å²) in [6.45, 7) is 7.97. The van der Waals surface area contributed by atoms with E-state index in [1.54, 1.807) is 0 Å². The molecule has 0 radical (unpaired) electrons. The maximum Gasteiger partial charge on any atom is -0.0178 e. The average molecular weight is 234 g/mol. The molecule has 0 spiro atoms. The summed E-state index contributed by atoms with van der Waals surface area (Å²) in [4.78, 5) is 0. The highest BCUT2D eigenvalue weighted by Crippen LogP contribution is 2.24. The van der Waals surface area contributed by atoms with Gasteiger partial charge in [-0.1, -0.05) is 66.8 Å². The maximum absolute atomic E-state index is 3.74. The predicted molar refractivity (Wildman–Crippen MR) is 80.5 cm³/mol. The fourth-order valence-electron chi connectivity index (χ4n) is 2.04. The third-order valence-electron chi connectivity index (χ3n) is 3.04. The number of benzene rings is 2. The summed E-state index contributed by atoms with van der Waals surface area (Å²) in [5.74, 6) is 0. The highest BCUT2D eigenvalue weighted by Gasteiger charge is 2.00. The van der Waals surface area contributed by atoms with Crippen molar-refractivity contribution in [2.45, 2.75) is 13.8 Å². The minimum atomic E-state index is 1.24. The van der Waals surface area contributed by atoms with E-state index in [4.69, 9.17) is 0 Å². The first-order valence-corrected chi connectivity index (χ1v) is 6.17. The zero-order chi connectivity index (χ0) is 13.0. The van der Waals surface area contributed by atoms with Gasteiger partial charge in [-0.25, -0.2) is 0 Å². The number of hydrogen-bond acceptors (Lipinski definition) is 0. The van der Waals surface area contributed by atoms with Crippen LogP contribution in [0.25, 0.3) is 16.7 Å². The molecule has 0 aliphatic carbocycles. The van der Waals surface area contributed by atoms with Gasteiger partial charge in [0.1, 0.15) is 0 Å². The summed E-state index contributed by atoms with van der Waals surface area (Å²) in [6.07, 6.45) is 3.87. The van der Waals surface area contributed by atoms with Crippen molar-refractivity contribution in [2.24, 2.45) is 0 Å². The summed E-state index contributed by atoms with van der Waals surface area (Å²) in [5.41, 5.74) is 6.29. The minimum Gasteiger partial charge on any atom is -0.0991 e. The van der Waals surface area contributed by atoms with Crippen molar-refractivity contribution in [3.8, 4) is 11.1 Å². The van der Waals surface area contributed by atoms with Gasteiger partial charge in [-0.2, -0.15) is 0 Å². The fraction of sp³-hybridized carbons (Fsp3) is 0.111. The molecule has 2 rings (SSSR count). The molecule has 0 amide bonds. The van der Waals surface area contributed by atoms with Gasteiger partial charge in [0.15, 0.2) is 0 Å². The normalized spacial score (nSPS) is 11.3. The van der Waals surface area contributed by atoms with Crippen LogP contribution >= 0.6 is 0 Å². The Balaban J connectivity index is 2.44. The van der Waals surface area contributed by atoms with Crippen molar-refractivity contribution in [3.05, 3.63) is 78.4 Å². The molecule has 0 unspecified atom stereocenters. The molecule has 0 nitrogen and oxygen atoms in total. The van der Waals surface area contributed by atoms with Crippen molar-refractivity contribution in [1.29, 1.82) is 0 Å². The molecule has 0 saturated carbocycles. The number of rotatable bonds is 3. The Bertz CT molecular complexity index is 588. The minimum absolute atomic E-state index is 1.24. The third kappa shape index (κ3) is 2.78. The number of aryl methyl sites for hydroxylation is 1. The second kappa shape index (κ2) is 5.50. The first-order valence-electron chi connectivity index (χ1n) is 6.17. The molecular weight excluding hydrogens is 216 g/mol. The topological polar surface area (TPSA) is 0 Å². The summed E-state index contributed by atoms with van der Waals surface area (Å²) in [7, 11) is 0. The van der Waals surface area contributed by atoms with Crippen LogP contribution in [0.3, 0.4) is 0 Å². The standard InChI is InChI=1S/C18H18/c1-4-7-15(3)16-9-6-11-18(13-16)17-10-5-8-14(2)12-17/h4-13H,1H2,2-3H3. The lowest BCUT2D eigenvalue weighted by Gasteiger charge is -2.06. The van der Waals surface area contributed by atoms with Gasteiger partial charge in [0.25, 0.3) is 0 Å². The average Bonchev–Trinajstić information content (AvgIpc) is 2.39. The van der Waals surface area contributed by atoms with E-state index in [1.807, 2.05) is 12.2 Å². The van der Waals surface area contributed by atoms with Crippen LogP contribution in [0.5, 0.6) is 0 Å². The molecule has 0 saturated heterocycles. The third-order valence-corrected chi connectivity index (χ3v) is 3.04. The van der Waals surface area contributed by atoms with Crippen molar-refractivity contribution in [3.63, 3.8) is 0 Å². The molecule has 0 aromatic heterocycles. The Labute approximate surface area is 109 Å². The van der Waals surface area contributed by atoms with Crippen LogP contribution in [0.15, 0.2) is 67.3 Å². The first kappa shape index (κ1) is 12.4. The van der Waals surface area contributed by atoms with Crippen molar-refractivity contribution >= 4 is 5.57 Å². The highest BCUT2D eigenvalue weighted by molar-refractivity contribution is 5.72. The van der Waals surface area contributed by atoms with E-state index < -0.39 is 0 Å². The van der Waals surface area contributed by atoms with Gasteiger partial charge in [-0.3, -0.25) is 0 Å². The Morgan fingerprint density at radius 2 is 1.67 bits per heavy atom. The molecule has 0 N–H and O–H groups in total. The SMILES string of the molecule is C=CC=C(C)c1cccc(-c2cccc(C)c2)c1. The number of hydrogen-bond donors (Lipinski definition) is 0. The van der Waals surface area contributed by atoms with Gasteiger partial charge in [-0.05, 0) is 42.2 Å². The van der Waals surface area contributed by atoms with Crippen LogP contribution < -0.4 is 0 Å².